The summed E-state index contributed by atoms with van der Waals surface area (Å²) < 4.78 is 22.5. The van der Waals surface area contributed by atoms with Crippen LogP contribution in [0.2, 0.25) is 0 Å². The van der Waals surface area contributed by atoms with Crippen molar-refractivity contribution in [3.63, 3.8) is 0 Å². The van der Waals surface area contributed by atoms with Crippen LogP contribution in [-0.4, -0.2) is 50.5 Å². The molecule has 0 aliphatic heterocycles. The maximum Gasteiger partial charge on any atom is 0.191 e. The van der Waals surface area contributed by atoms with Crippen molar-refractivity contribution in [3.8, 4) is 0 Å². The van der Waals surface area contributed by atoms with Gasteiger partial charge in [0.15, 0.2) is 5.96 Å². The van der Waals surface area contributed by atoms with Crippen LogP contribution in [0.3, 0.4) is 0 Å². The molecule has 8 heteroatoms. The molecule has 2 N–H and O–H groups in total. The number of aliphatic imine (C=N–C) groups is 1. The lowest BCUT2D eigenvalue weighted by Crippen LogP contribution is -2.43. The molecule has 24 heavy (non-hydrogen) atoms. The van der Waals surface area contributed by atoms with Crippen LogP contribution in [0.4, 0.5) is 0 Å². The number of pyridine rings is 1. The van der Waals surface area contributed by atoms with E-state index in [-0.39, 0.29) is 35.8 Å². The number of guanidine groups is 1. The molecule has 6 nitrogen and oxygen atoms in total. The summed E-state index contributed by atoms with van der Waals surface area (Å²) in [7, 11) is -2.93. The van der Waals surface area contributed by atoms with Crippen molar-refractivity contribution in [3.05, 3.63) is 29.6 Å². The van der Waals surface area contributed by atoms with Crippen LogP contribution in [0.25, 0.3) is 0 Å². The van der Waals surface area contributed by atoms with Gasteiger partial charge in [-0.3, -0.25) is 9.98 Å². The van der Waals surface area contributed by atoms with Gasteiger partial charge in [0.05, 0.1) is 5.75 Å². The monoisotopic (exact) mass is 468 g/mol. The predicted molar refractivity (Wildman–Crippen MR) is 111 cm³/mol. The molecule has 1 unspecified atom stereocenters. The van der Waals surface area contributed by atoms with Gasteiger partial charge in [0.2, 0.25) is 0 Å². The number of aryl methyl sites for hydroxylation is 1. The Morgan fingerprint density at radius 3 is 2.71 bits per heavy atom. The molecule has 0 radical (unpaired) electrons. The van der Waals surface area contributed by atoms with Gasteiger partial charge >= 0.3 is 0 Å². The van der Waals surface area contributed by atoms with Crippen molar-refractivity contribution in [1.82, 2.24) is 15.6 Å². The van der Waals surface area contributed by atoms with Crippen LogP contribution >= 0.6 is 24.0 Å². The van der Waals surface area contributed by atoms with E-state index in [1.165, 1.54) is 17.4 Å². The molecule has 0 aliphatic carbocycles. The fourth-order valence-electron chi connectivity index (χ4n) is 2.09. The van der Waals surface area contributed by atoms with Crippen molar-refractivity contribution in [2.75, 3.05) is 25.1 Å². The van der Waals surface area contributed by atoms with Crippen LogP contribution < -0.4 is 10.6 Å². The molecule has 1 atom stereocenters. The topological polar surface area (TPSA) is 83.4 Å². The smallest absolute Gasteiger partial charge is 0.191 e. The highest BCUT2D eigenvalue weighted by atomic mass is 127. The summed E-state index contributed by atoms with van der Waals surface area (Å²) in [5.41, 5.74) is 2.41. The molecule has 0 bridgehead atoms. The quantitative estimate of drug-likeness (QED) is 0.346. The minimum absolute atomic E-state index is 0. The minimum Gasteiger partial charge on any atom is -0.357 e. The summed E-state index contributed by atoms with van der Waals surface area (Å²) in [6.45, 7) is 7.44. The molecular weight excluding hydrogens is 439 g/mol. The summed E-state index contributed by atoms with van der Waals surface area (Å²) in [5, 5.41) is 6.44. The summed E-state index contributed by atoms with van der Waals surface area (Å²) in [5.74, 6) is 0.900. The summed E-state index contributed by atoms with van der Waals surface area (Å²) >= 11 is 0. The van der Waals surface area contributed by atoms with E-state index >= 15 is 0 Å². The Labute approximate surface area is 162 Å². The molecule has 1 aromatic heterocycles. The fraction of sp³-hybridized carbons (Fsp3) is 0.625. The lowest BCUT2D eigenvalue weighted by molar-refractivity contribution is 0.581. The molecule has 1 aromatic rings. The second-order valence-corrected chi connectivity index (χ2v) is 8.04. The van der Waals surface area contributed by atoms with Crippen molar-refractivity contribution in [2.24, 2.45) is 4.99 Å². The Morgan fingerprint density at radius 2 is 2.12 bits per heavy atom. The highest BCUT2D eigenvalue weighted by Crippen LogP contribution is 2.05. The highest BCUT2D eigenvalue weighted by molar-refractivity contribution is 14.0. The van der Waals surface area contributed by atoms with Gasteiger partial charge in [-0.25, -0.2) is 8.42 Å². The van der Waals surface area contributed by atoms with Gasteiger partial charge in [-0.05, 0) is 50.8 Å². The van der Waals surface area contributed by atoms with Crippen LogP contribution in [0.15, 0.2) is 23.5 Å². The lowest BCUT2D eigenvalue weighted by atomic mass is 10.1. The number of hydrogen-bond acceptors (Lipinski definition) is 4. The SMILES string of the molecule is CCNC(=NCCc1ccncc1C)NC(C)CCS(C)(=O)=O.I. The van der Waals surface area contributed by atoms with Gasteiger partial charge in [0.25, 0.3) is 0 Å². The second-order valence-electron chi connectivity index (χ2n) is 5.78. The fourth-order valence-corrected chi connectivity index (χ4v) is 2.87. The van der Waals surface area contributed by atoms with E-state index in [1.54, 1.807) is 6.20 Å². The third kappa shape index (κ3) is 10.1. The van der Waals surface area contributed by atoms with E-state index in [9.17, 15) is 8.42 Å². The van der Waals surface area contributed by atoms with E-state index in [0.717, 1.165) is 18.9 Å². The van der Waals surface area contributed by atoms with Gasteiger partial charge in [0.1, 0.15) is 9.84 Å². The number of sulfone groups is 1. The first kappa shape index (κ1) is 23.1. The molecule has 0 aliphatic rings. The molecular formula is C16H29IN4O2S. The van der Waals surface area contributed by atoms with Gasteiger partial charge in [-0.15, -0.1) is 24.0 Å². The summed E-state index contributed by atoms with van der Waals surface area (Å²) in [6, 6.07) is 2.06. The van der Waals surface area contributed by atoms with Crippen LogP contribution in [0.5, 0.6) is 0 Å². The molecule has 1 rings (SSSR count). The molecule has 0 aromatic carbocycles. The van der Waals surface area contributed by atoms with E-state index < -0.39 is 9.84 Å². The maximum absolute atomic E-state index is 11.2. The standard InChI is InChI=1S/C16H28N4O2S.HI/c1-5-18-16(20-14(3)8-11-23(4,21)22)19-10-7-15-6-9-17-12-13(15)2;/h6,9,12,14H,5,7-8,10-11H2,1-4H3,(H2,18,19,20);1H. The molecule has 0 saturated carbocycles. The molecule has 0 saturated heterocycles. The normalized spacial score (nSPS) is 13.1. The first-order chi connectivity index (χ1) is 10.8. The first-order valence-corrected chi connectivity index (χ1v) is 10.00. The largest absolute Gasteiger partial charge is 0.357 e. The van der Waals surface area contributed by atoms with Gasteiger partial charge in [-0.1, -0.05) is 0 Å². The van der Waals surface area contributed by atoms with Crippen molar-refractivity contribution < 1.29 is 8.42 Å². The molecule has 1 heterocycles. The Balaban J connectivity index is 0.00000529. The third-order valence-electron chi connectivity index (χ3n) is 3.44. The minimum atomic E-state index is -2.93. The van der Waals surface area contributed by atoms with E-state index in [2.05, 4.69) is 20.6 Å². The summed E-state index contributed by atoms with van der Waals surface area (Å²) in [6.07, 6.45) is 6.32. The molecule has 0 spiro atoms. The zero-order valence-electron chi connectivity index (χ0n) is 14.9. The molecule has 0 amide bonds. The zero-order valence-corrected chi connectivity index (χ0v) is 18.0. The number of nitrogens with one attached hydrogen (secondary N) is 2. The highest BCUT2D eigenvalue weighted by Gasteiger charge is 2.09. The van der Waals surface area contributed by atoms with Gasteiger partial charge in [-0.2, -0.15) is 0 Å². The van der Waals surface area contributed by atoms with Crippen LogP contribution in [0, 0.1) is 6.92 Å². The number of hydrogen-bond donors (Lipinski definition) is 2. The molecule has 0 fully saturated rings. The first-order valence-electron chi connectivity index (χ1n) is 7.94. The zero-order chi connectivity index (χ0) is 17.3. The molecule has 138 valence electrons. The predicted octanol–water partition coefficient (Wildman–Crippen LogP) is 1.93. The average molecular weight is 468 g/mol. The Bertz CT molecular complexity index is 620. The van der Waals surface area contributed by atoms with Gasteiger partial charge < -0.3 is 10.6 Å². The Hall–Kier alpha value is -0.900. The van der Waals surface area contributed by atoms with E-state index in [1.807, 2.05) is 33.0 Å². The van der Waals surface area contributed by atoms with Crippen molar-refractivity contribution >= 4 is 39.8 Å². The number of rotatable bonds is 8. The van der Waals surface area contributed by atoms with Crippen LogP contribution in [-0.2, 0) is 16.3 Å². The average Bonchev–Trinajstić information content (AvgIpc) is 2.46. The Kier molecular flexibility index (Phi) is 11.2. The van der Waals surface area contributed by atoms with Crippen LogP contribution in [0.1, 0.15) is 31.4 Å². The third-order valence-corrected chi connectivity index (χ3v) is 4.41. The number of nitrogens with zero attached hydrogens (tertiary/aromatic N) is 2. The number of halogens is 1. The van der Waals surface area contributed by atoms with Crippen molar-refractivity contribution in [2.45, 2.75) is 39.7 Å². The van der Waals surface area contributed by atoms with E-state index in [4.69, 9.17) is 0 Å². The lowest BCUT2D eigenvalue weighted by Gasteiger charge is -2.17. The van der Waals surface area contributed by atoms with E-state index in [0.29, 0.717) is 13.0 Å². The van der Waals surface area contributed by atoms with Crippen molar-refractivity contribution in [1.29, 1.82) is 0 Å². The maximum atomic E-state index is 11.2. The number of aromatic nitrogens is 1. The van der Waals surface area contributed by atoms with Gasteiger partial charge in [0, 0.05) is 37.8 Å². The Morgan fingerprint density at radius 1 is 1.42 bits per heavy atom. The second kappa shape index (κ2) is 11.6. The summed E-state index contributed by atoms with van der Waals surface area (Å²) in [4.78, 5) is 8.65.